The molecule has 0 aliphatic carbocycles. The highest BCUT2D eigenvalue weighted by molar-refractivity contribution is 7.80. The van der Waals surface area contributed by atoms with Crippen LogP contribution in [0.1, 0.15) is 42.7 Å². The molecule has 1 amide bonds. The lowest BCUT2D eigenvalue weighted by molar-refractivity contribution is -0.129. The van der Waals surface area contributed by atoms with Gasteiger partial charge in [0, 0.05) is 11.1 Å². The highest BCUT2D eigenvalue weighted by atomic mass is 35.5. The highest BCUT2D eigenvalue weighted by Crippen LogP contribution is 2.40. The molecule has 0 unspecified atom stereocenters. The molecule has 3 aromatic carbocycles. The number of amides is 1. The summed E-state index contributed by atoms with van der Waals surface area (Å²) in [6.07, 6.45) is -1.10. The second-order valence-corrected chi connectivity index (χ2v) is 9.70. The Hall–Kier alpha value is -2.95. The van der Waals surface area contributed by atoms with Crippen LogP contribution in [0.3, 0.4) is 0 Å². The topological polar surface area (TPSA) is 67.6 Å². The molecule has 0 spiro atoms. The Morgan fingerprint density at radius 1 is 1.03 bits per heavy atom. The SMILES string of the molecule is C[C@@H](c1ccccc1)N1C(=S)N(c2ccc(C#N)c(Cl)c2)C(=O)[C@@H]([C@H](O)c2ccc(Cl)cc2)[C@@H]1C. The van der Waals surface area contributed by atoms with E-state index in [2.05, 4.69) is 0 Å². The quantitative estimate of drug-likeness (QED) is 0.397. The van der Waals surface area contributed by atoms with Crippen LogP contribution in [-0.2, 0) is 4.79 Å². The first-order valence-corrected chi connectivity index (χ1v) is 12.3. The van der Waals surface area contributed by atoms with Gasteiger partial charge in [-0.05, 0) is 67.5 Å². The summed E-state index contributed by atoms with van der Waals surface area (Å²) >= 11 is 18.2. The van der Waals surface area contributed by atoms with E-state index in [9.17, 15) is 15.2 Å². The number of benzene rings is 3. The number of nitrogens with zero attached hydrogens (tertiary/aromatic N) is 3. The molecule has 8 heteroatoms. The van der Waals surface area contributed by atoms with Gasteiger partial charge in [0.25, 0.3) is 0 Å². The Morgan fingerprint density at radius 3 is 2.29 bits per heavy atom. The summed E-state index contributed by atoms with van der Waals surface area (Å²) < 4.78 is 0. The summed E-state index contributed by atoms with van der Waals surface area (Å²) in [5, 5.41) is 21.7. The predicted octanol–water partition coefficient (Wildman–Crippen LogP) is 6.30. The summed E-state index contributed by atoms with van der Waals surface area (Å²) in [6, 6.07) is 22.8. The molecule has 1 fully saturated rings. The van der Waals surface area contributed by atoms with Crippen molar-refractivity contribution in [1.82, 2.24) is 4.90 Å². The summed E-state index contributed by atoms with van der Waals surface area (Å²) in [6.45, 7) is 3.92. The number of aliphatic hydroxyl groups excluding tert-OH is 1. The van der Waals surface area contributed by atoms with Gasteiger partial charge in [0.1, 0.15) is 6.07 Å². The molecule has 35 heavy (non-hydrogen) atoms. The van der Waals surface area contributed by atoms with Gasteiger partial charge in [-0.25, -0.2) is 0 Å². The smallest absolute Gasteiger partial charge is 0.241 e. The number of hydrogen-bond donors (Lipinski definition) is 1. The average Bonchev–Trinajstić information content (AvgIpc) is 2.85. The second-order valence-electron chi connectivity index (χ2n) is 8.49. The fourth-order valence-electron chi connectivity index (χ4n) is 4.56. The molecule has 1 N–H and O–H groups in total. The Morgan fingerprint density at radius 2 is 1.69 bits per heavy atom. The number of hydrogen-bond acceptors (Lipinski definition) is 4. The first kappa shape index (κ1) is 25.2. The zero-order chi connectivity index (χ0) is 25.3. The predicted molar refractivity (Wildman–Crippen MR) is 142 cm³/mol. The summed E-state index contributed by atoms with van der Waals surface area (Å²) in [7, 11) is 0. The molecule has 5 nitrogen and oxygen atoms in total. The van der Waals surface area contributed by atoms with E-state index in [0.717, 1.165) is 5.56 Å². The van der Waals surface area contributed by atoms with Crippen LogP contribution in [0.25, 0.3) is 0 Å². The molecule has 1 aliphatic rings. The van der Waals surface area contributed by atoms with Crippen LogP contribution in [0.5, 0.6) is 0 Å². The first-order chi connectivity index (χ1) is 16.7. The van der Waals surface area contributed by atoms with Crippen molar-refractivity contribution in [2.75, 3.05) is 4.90 Å². The minimum atomic E-state index is -1.10. The van der Waals surface area contributed by atoms with E-state index < -0.39 is 18.1 Å². The normalized spacial score (nSPS) is 19.9. The summed E-state index contributed by atoms with van der Waals surface area (Å²) in [4.78, 5) is 17.3. The number of rotatable bonds is 5. The van der Waals surface area contributed by atoms with Gasteiger partial charge < -0.3 is 10.0 Å². The molecule has 0 bridgehead atoms. The fraction of sp³-hybridized carbons (Fsp3) is 0.222. The van der Waals surface area contributed by atoms with E-state index in [1.54, 1.807) is 42.5 Å². The number of carbonyl (C=O) groups excluding carboxylic acids is 1. The van der Waals surface area contributed by atoms with Gasteiger partial charge in [-0.1, -0.05) is 65.7 Å². The molecule has 4 atom stereocenters. The second kappa shape index (κ2) is 10.3. The molecular weight excluding hydrogens is 501 g/mol. The van der Waals surface area contributed by atoms with E-state index in [1.165, 1.54) is 4.90 Å². The van der Waals surface area contributed by atoms with Crippen molar-refractivity contribution in [2.24, 2.45) is 5.92 Å². The highest BCUT2D eigenvalue weighted by Gasteiger charge is 2.48. The minimum Gasteiger partial charge on any atom is -0.387 e. The Kier molecular flexibility index (Phi) is 7.44. The maximum atomic E-state index is 13.9. The third-order valence-electron chi connectivity index (χ3n) is 6.46. The first-order valence-electron chi connectivity index (χ1n) is 11.1. The van der Waals surface area contributed by atoms with Crippen LogP contribution in [0.15, 0.2) is 72.8 Å². The van der Waals surface area contributed by atoms with Gasteiger partial charge >= 0.3 is 0 Å². The number of halogens is 2. The average molecular weight is 524 g/mol. The molecule has 178 valence electrons. The van der Waals surface area contributed by atoms with Crippen LogP contribution in [0, 0.1) is 17.2 Å². The molecule has 1 aliphatic heterocycles. The number of thiocarbonyl (C=S) groups is 1. The van der Waals surface area contributed by atoms with E-state index in [-0.39, 0.29) is 17.0 Å². The lowest BCUT2D eigenvalue weighted by Gasteiger charge is -2.49. The van der Waals surface area contributed by atoms with Gasteiger partial charge in [-0.2, -0.15) is 5.26 Å². The molecule has 1 heterocycles. The van der Waals surface area contributed by atoms with Crippen molar-refractivity contribution < 1.29 is 9.90 Å². The lowest BCUT2D eigenvalue weighted by atomic mass is 9.85. The van der Waals surface area contributed by atoms with Gasteiger partial charge in [0.2, 0.25) is 5.91 Å². The van der Waals surface area contributed by atoms with Crippen LogP contribution in [0.2, 0.25) is 10.0 Å². The number of aliphatic hydroxyl groups is 1. The number of carbonyl (C=O) groups is 1. The van der Waals surface area contributed by atoms with E-state index in [0.29, 0.717) is 26.9 Å². The maximum absolute atomic E-state index is 13.9. The van der Waals surface area contributed by atoms with Crippen molar-refractivity contribution in [1.29, 1.82) is 5.26 Å². The van der Waals surface area contributed by atoms with Crippen molar-refractivity contribution in [3.8, 4) is 6.07 Å². The van der Waals surface area contributed by atoms with Gasteiger partial charge in [-0.3, -0.25) is 9.69 Å². The minimum absolute atomic E-state index is 0.178. The molecule has 0 aromatic heterocycles. The largest absolute Gasteiger partial charge is 0.387 e. The Balaban J connectivity index is 1.82. The van der Waals surface area contributed by atoms with Crippen molar-refractivity contribution in [2.45, 2.75) is 32.0 Å². The molecule has 0 saturated carbocycles. The molecule has 1 saturated heterocycles. The van der Waals surface area contributed by atoms with Crippen molar-refractivity contribution >= 4 is 52.1 Å². The number of nitriles is 1. The Labute approximate surface area is 220 Å². The van der Waals surface area contributed by atoms with Crippen molar-refractivity contribution in [3.05, 3.63) is 99.5 Å². The third kappa shape index (κ3) is 4.78. The molecular formula is C27H23Cl2N3O2S. The lowest BCUT2D eigenvalue weighted by Crippen LogP contribution is -2.62. The van der Waals surface area contributed by atoms with E-state index in [1.807, 2.05) is 55.1 Å². The van der Waals surface area contributed by atoms with Crippen LogP contribution >= 0.6 is 35.4 Å². The zero-order valence-corrected chi connectivity index (χ0v) is 21.4. The van der Waals surface area contributed by atoms with Gasteiger partial charge in [-0.15, -0.1) is 0 Å². The summed E-state index contributed by atoms with van der Waals surface area (Å²) in [5.74, 6) is -1.18. The molecule has 3 aromatic rings. The standard InChI is InChI=1S/C27H23Cl2N3O2S/c1-16(18-6-4-3-5-7-18)31-17(2)24(25(33)19-8-11-21(28)12-9-19)26(34)32(27(31)35)22-13-10-20(15-30)23(29)14-22/h3-14,16-17,24-25,33H,1-2H3/t16-,17-,24+,25+/m0/s1. The monoisotopic (exact) mass is 523 g/mol. The van der Waals surface area contributed by atoms with E-state index in [4.69, 9.17) is 35.4 Å². The fourth-order valence-corrected chi connectivity index (χ4v) is 5.42. The zero-order valence-electron chi connectivity index (χ0n) is 19.1. The third-order valence-corrected chi connectivity index (χ3v) is 7.42. The van der Waals surface area contributed by atoms with Crippen LogP contribution < -0.4 is 4.90 Å². The van der Waals surface area contributed by atoms with Crippen LogP contribution in [0.4, 0.5) is 5.69 Å². The summed E-state index contributed by atoms with van der Waals surface area (Å²) in [5.41, 5.74) is 2.34. The molecule has 4 rings (SSSR count). The molecule has 0 radical (unpaired) electrons. The van der Waals surface area contributed by atoms with Gasteiger partial charge in [0.15, 0.2) is 5.11 Å². The van der Waals surface area contributed by atoms with Crippen molar-refractivity contribution in [3.63, 3.8) is 0 Å². The number of anilines is 1. The van der Waals surface area contributed by atoms with Gasteiger partial charge in [0.05, 0.1) is 34.3 Å². The van der Waals surface area contributed by atoms with Crippen LogP contribution in [-0.4, -0.2) is 27.1 Å². The Bertz CT molecular complexity index is 1290. The maximum Gasteiger partial charge on any atom is 0.241 e. The van der Waals surface area contributed by atoms with E-state index >= 15 is 0 Å².